The van der Waals surface area contributed by atoms with E-state index in [0.29, 0.717) is 11.6 Å². The fourth-order valence-corrected chi connectivity index (χ4v) is 2.54. The first-order chi connectivity index (χ1) is 8.34. The largest absolute Gasteiger partial charge is 0.269 e. The van der Waals surface area contributed by atoms with Crippen LogP contribution in [0.1, 0.15) is 31.7 Å². The van der Waals surface area contributed by atoms with E-state index >= 15 is 0 Å². The lowest BCUT2D eigenvalue weighted by Crippen LogP contribution is -2.04. The smallest absolute Gasteiger partial charge is 0.131 e. The third-order valence-electron chi connectivity index (χ3n) is 3.49. The van der Waals surface area contributed by atoms with Crippen LogP contribution < -0.4 is 0 Å². The molecule has 0 atom stereocenters. The van der Waals surface area contributed by atoms with Crippen LogP contribution in [0.4, 0.5) is 4.39 Å². The minimum atomic E-state index is -0.182. The van der Waals surface area contributed by atoms with Crippen LogP contribution >= 0.6 is 0 Å². The highest BCUT2D eigenvalue weighted by molar-refractivity contribution is 5.62. The van der Waals surface area contributed by atoms with E-state index in [1.165, 1.54) is 31.7 Å². The fraction of sp³-hybridized carbons (Fsp3) is 0.357. The Morgan fingerprint density at radius 2 is 1.94 bits per heavy atom. The Balaban J connectivity index is 1.92. The molecule has 0 aliphatic heterocycles. The molecule has 0 N–H and O–H groups in total. The lowest BCUT2D eigenvalue weighted by Gasteiger charge is -2.08. The molecule has 88 valence electrons. The maximum atomic E-state index is 13.6. The van der Waals surface area contributed by atoms with Crippen LogP contribution in [0.5, 0.6) is 0 Å². The number of hydrogen-bond donors (Lipinski definition) is 0. The molecule has 1 fully saturated rings. The van der Waals surface area contributed by atoms with E-state index in [0.717, 1.165) is 5.56 Å². The van der Waals surface area contributed by atoms with Crippen LogP contribution in [0, 0.1) is 5.82 Å². The van der Waals surface area contributed by atoms with Gasteiger partial charge in [0, 0.05) is 17.3 Å². The van der Waals surface area contributed by atoms with Crippen molar-refractivity contribution >= 4 is 0 Å². The van der Waals surface area contributed by atoms with Gasteiger partial charge in [-0.25, -0.2) is 4.39 Å². The van der Waals surface area contributed by atoms with Gasteiger partial charge >= 0.3 is 0 Å². The van der Waals surface area contributed by atoms with Crippen molar-refractivity contribution in [3.63, 3.8) is 0 Å². The Labute approximate surface area is 100 Å². The standard InChI is InChI=1S/C14H15FN2/c15-14-8-4-3-7-13(14)11-9-16-17(10-11)12-5-1-2-6-12/h3-4,7-10,12H,1-2,5-6H2. The van der Waals surface area contributed by atoms with Crippen molar-refractivity contribution in [2.45, 2.75) is 31.7 Å². The molecule has 1 aliphatic carbocycles. The molecule has 1 aliphatic rings. The van der Waals surface area contributed by atoms with Crippen molar-refractivity contribution in [3.8, 4) is 11.1 Å². The van der Waals surface area contributed by atoms with Crippen LogP contribution in [0.15, 0.2) is 36.7 Å². The van der Waals surface area contributed by atoms with Crippen LogP contribution in [0.2, 0.25) is 0 Å². The molecule has 3 rings (SSSR count). The number of halogens is 1. The maximum Gasteiger partial charge on any atom is 0.131 e. The van der Waals surface area contributed by atoms with Gasteiger partial charge < -0.3 is 0 Å². The van der Waals surface area contributed by atoms with E-state index in [1.54, 1.807) is 18.3 Å². The summed E-state index contributed by atoms with van der Waals surface area (Å²) in [6, 6.07) is 7.36. The molecule has 1 aromatic carbocycles. The first kappa shape index (κ1) is 10.5. The molecule has 3 heteroatoms. The first-order valence-corrected chi connectivity index (χ1v) is 6.13. The number of aromatic nitrogens is 2. The quantitative estimate of drug-likeness (QED) is 0.767. The molecule has 1 heterocycles. The van der Waals surface area contributed by atoms with E-state index in [2.05, 4.69) is 5.10 Å². The van der Waals surface area contributed by atoms with Gasteiger partial charge in [0.25, 0.3) is 0 Å². The highest BCUT2D eigenvalue weighted by Crippen LogP contribution is 2.30. The molecule has 0 saturated heterocycles. The van der Waals surface area contributed by atoms with Crippen molar-refractivity contribution in [1.29, 1.82) is 0 Å². The summed E-state index contributed by atoms with van der Waals surface area (Å²) >= 11 is 0. The summed E-state index contributed by atoms with van der Waals surface area (Å²) in [5.74, 6) is -0.182. The van der Waals surface area contributed by atoms with E-state index in [1.807, 2.05) is 16.9 Å². The van der Waals surface area contributed by atoms with Crippen molar-refractivity contribution in [2.75, 3.05) is 0 Å². The molecule has 1 aromatic heterocycles. The van der Waals surface area contributed by atoms with Crippen molar-refractivity contribution in [1.82, 2.24) is 9.78 Å². The second kappa shape index (κ2) is 4.32. The van der Waals surface area contributed by atoms with Gasteiger partial charge in [-0.15, -0.1) is 0 Å². The lowest BCUT2D eigenvalue weighted by atomic mass is 10.1. The zero-order valence-corrected chi connectivity index (χ0v) is 9.64. The monoisotopic (exact) mass is 230 g/mol. The Morgan fingerprint density at radius 3 is 2.71 bits per heavy atom. The first-order valence-electron chi connectivity index (χ1n) is 6.13. The molecular formula is C14H15FN2. The average molecular weight is 230 g/mol. The van der Waals surface area contributed by atoms with Crippen molar-refractivity contribution < 1.29 is 4.39 Å². The second-order valence-corrected chi connectivity index (χ2v) is 4.63. The molecular weight excluding hydrogens is 215 g/mol. The van der Waals surface area contributed by atoms with E-state index < -0.39 is 0 Å². The summed E-state index contributed by atoms with van der Waals surface area (Å²) in [4.78, 5) is 0. The summed E-state index contributed by atoms with van der Waals surface area (Å²) < 4.78 is 15.6. The fourth-order valence-electron chi connectivity index (χ4n) is 2.54. The highest BCUT2D eigenvalue weighted by Gasteiger charge is 2.18. The van der Waals surface area contributed by atoms with Gasteiger partial charge in [-0.3, -0.25) is 4.68 Å². The normalized spacial score (nSPS) is 16.5. The van der Waals surface area contributed by atoms with Crippen LogP contribution in [0.25, 0.3) is 11.1 Å². The molecule has 0 spiro atoms. The van der Waals surface area contributed by atoms with E-state index in [4.69, 9.17) is 0 Å². The third-order valence-corrected chi connectivity index (χ3v) is 3.49. The lowest BCUT2D eigenvalue weighted by molar-refractivity contribution is 0.467. The number of benzene rings is 1. The highest BCUT2D eigenvalue weighted by atomic mass is 19.1. The molecule has 1 saturated carbocycles. The minimum Gasteiger partial charge on any atom is -0.269 e. The van der Waals surface area contributed by atoms with Gasteiger partial charge in [0.1, 0.15) is 5.82 Å². The zero-order chi connectivity index (χ0) is 11.7. The molecule has 2 nitrogen and oxygen atoms in total. The van der Waals surface area contributed by atoms with Gasteiger partial charge in [-0.1, -0.05) is 31.0 Å². The van der Waals surface area contributed by atoms with Crippen LogP contribution in [-0.2, 0) is 0 Å². The molecule has 0 radical (unpaired) electrons. The SMILES string of the molecule is Fc1ccccc1-c1cnn(C2CCCC2)c1. The van der Waals surface area contributed by atoms with Crippen LogP contribution in [-0.4, -0.2) is 9.78 Å². The van der Waals surface area contributed by atoms with Gasteiger partial charge in [0.05, 0.1) is 12.2 Å². The summed E-state index contributed by atoms with van der Waals surface area (Å²) in [7, 11) is 0. The number of hydrogen-bond acceptors (Lipinski definition) is 1. The summed E-state index contributed by atoms with van der Waals surface area (Å²) in [6.07, 6.45) is 8.67. The minimum absolute atomic E-state index is 0.182. The van der Waals surface area contributed by atoms with Crippen molar-refractivity contribution in [2.24, 2.45) is 0 Å². The summed E-state index contributed by atoms with van der Waals surface area (Å²) in [6.45, 7) is 0. The Morgan fingerprint density at radius 1 is 1.18 bits per heavy atom. The Hall–Kier alpha value is -1.64. The van der Waals surface area contributed by atoms with Crippen molar-refractivity contribution in [3.05, 3.63) is 42.5 Å². The second-order valence-electron chi connectivity index (χ2n) is 4.63. The van der Waals surface area contributed by atoms with Gasteiger partial charge in [0.2, 0.25) is 0 Å². The predicted molar refractivity (Wildman–Crippen MR) is 65.1 cm³/mol. The van der Waals surface area contributed by atoms with E-state index in [9.17, 15) is 4.39 Å². The molecule has 2 aromatic rings. The topological polar surface area (TPSA) is 17.8 Å². The third kappa shape index (κ3) is 1.97. The van der Waals surface area contributed by atoms with Crippen LogP contribution in [0.3, 0.4) is 0 Å². The molecule has 0 bridgehead atoms. The van der Waals surface area contributed by atoms with Gasteiger partial charge in [-0.05, 0) is 18.9 Å². The average Bonchev–Trinajstić information content (AvgIpc) is 3.00. The predicted octanol–water partition coefficient (Wildman–Crippen LogP) is 3.80. The summed E-state index contributed by atoms with van der Waals surface area (Å²) in [5.41, 5.74) is 1.51. The zero-order valence-electron chi connectivity index (χ0n) is 9.64. The van der Waals surface area contributed by atoms with Gasteiger partial charge in [0.15, 0.2) is 0 Å². The number of nitrogens with zero attached hydrogens (tertiary/aromatic N) is 2. The van der Waals surface area contributed by atoms with Gasteiger partial charge in [-0.2, -0.15) is 5.10 Å². The molecule has 0 unspecified atom stereocenters. The Kier molecular flexibility index (Phi) is 2.67. The maximum absolute atomic E-state index is 13.6. The number of rotatable bonds is 2. The Bertz CT molecular complexity index is 512. The van der Waals surface area contributed by atoms with E-state index in [-0.39, 0.29) is 5.82 Å². The summed E-state index contributed by atoms with van der Waals surface area (Å²) in [5, 5.41) is 4.37. The molecule has 17 heavy (non-hydrogen) atoms. The molecule has 0 amide bonds.